The first kappa shape index (κ1) is 31.0. The second-order valence-corrected chi connectivity index (χ2v) is 11.7. The van der Waals surface area contributed by atoms with Crippen molar-refractivity contribution in [3.05, 3.63) is 112 Å². The summed E-state index contributed by atoms with van der Waals surface area (Å²) in [4.78, 5) is 31.6. The average molecular weight is 658 g/mol. The lowest BCUT2D eigenvalue weighted by Crippen LogP contribution is -2.45. The summed E-state index contributed by atoms with van der Waals surface area (Å²) in [5.74, 6) is 0.362. The summed E-state index contributed by atoms with van der Waals surface area (Å²) in [6, 6.07) is 22.7. The maximum Gasteiger partial charge on any atom is 0.237 e. The number of hydrogen-bond donors (Lipinski definition) is 2. The van der Waals surface area contributed by atoms with E-state index < -0.39 is 17.5 Å². The zero-order valence-corrected chi connectivity index (χ0v) is 26.0. The maximum atomic E-state index is 13.8. The minimum atomic E-state index is -1.73. The molecule has 5 rings (SSSR count). The molecule has 10 heteroatoms. The first-order valence-electron chi connectivity index (χ1n) is 14.3. The van der Waals surface area contributed by atoms with E-state index in [1.165, 1.54) is 0 Å². The lowest BCUT2D eigenvalue weighted by atomic mass is 9.71. The van der Waals surface area contributed by atoms with Gasteiger partial charge in [-0.15, -0.1) is 0 Å². The highest BCUT2D eigenvalue weighted by Gasteiger charge is 2.48. The van der Waals surface area contributed by atoms with Crippen LogP contribution in [0, 0.1) is 17.2 Å². The first-order valence-corrected chi connectivity index (χ1v) is 15.5. The zero-order valence-electron chi connectivity index (χ0n) is 24.5. The van der Waals surface area contributed by atoms with E-state index in [2.05, 4.69) is 32.3 Å². The molecule has 1 amide bonds. The Morgan fingerprint density at radius 3 is 2.55 bits per heavy atom. The minimum absolute atomic E-state index is 0.00590. The summed E-state index contributed by atoms with van der Waals surface area (Å²) < 4.78 is 18.9. The van der Waals surface area contributed by atoms with Crippen molar-refractivity contribution in [2.24, 2.45) is 11.7 Å². The molecule has 0 unspecified atom stereocenters. The normalized spacial score (nSPS) is 19.7. The van der Waals surface area contributed by atoms with E-state index in [1.54, 1.807) is 30.3 Å². The molecule has 0 aliphatic carbocycles. The van der Waals surface area contributed by atoms with Crippen LogP contribution in [0.4, 0.5) is 0 Å². The van der Waals surface area contributed by atoms with E-state index in [0.29, 0.717) is 40.1 Å². The van der Waals surface area contributed by atoms with E-state index in [1.807, 2.05) is 56.3 Å². The van der Waals surface area contributed by atoms with Gasteiger partial charge in [0.15, 0.2) is 11.5 Å². The number of aldehydes is 1. The van der Waals surface area contributed by atoms with Gasteiger partial charge in [-0.25, -0.2) is 4.98 Å². The fourth-order valence-corrected chi connectivity index (χ4v) is 5.61. The number of nitriles is 1. The summed E-state index contributed by atoms with van der Waals surface area (Å²) in [6.45, 7) is 4.33. The Morgan fingerprint density at radius 1 is 1.11 bits per heavy atom. The van der Waals surface area contributed by atoms with Crippen LogP contribution in [0.15, 0.2) is 77.2 Å². The van der Waals surface area contributed by atoms with Gasteiger partial charge in [-0.2, -0.15) is 5.26 Å². The summed E-state index contributed by atoms with van der Waals surface area (Å²) in [5, 5.41) is 13.9. The number of amides is 1. The molecule has 3 atom stereocenters. The zero-order chi connectivity index (χ0) is 31.3. The lowest BCUT2D eigenvalue weighted by molar-refractivity contribution is -0.123. The molecule has 44 heavy (non-hydrogen) atoms. The Bertz CT molecular complexity index is 1680. The van der Waals surface area contributed by atoms with Crippen LogP contribution in [-0.4, -0.2) is 35.2 Å². The molecule has 3 aromatic carbocycles. The smallest absolute Gasteiger partial charge is 0.237 e. The van der Waals surface area contributed by atoms with Gasteiger partial charge in [0, 0.05) is 16.5 Å². The van der Waals surface area contributed by atoms with Gasteiger partial charge in [-0.3, -0.25) is 4.79 Å². The quantitative estimate of drug-likeness (QED) is 0.187. The molecule has 2 heterocycles. The van der Waals surface area contributed by atoms with Gasteiger partial charge in [0.1, 0.15) is 41.9 Å². The van der Waals surface area contributed by atoms with E-state index in [9.17, 15) is 14.9 Å². The third-order valence-electron chi connectivity index (χ3n) is 7.66. The lowest BCUT2D eigenvalue weighted by Gasteiger charge is -2.31. The molecule has 0 saturated heterocycles. The van der Waals surface area contributed by atoms with Gasteiger partial charge in [0.05, 0.1) is 12.6 Å². The number of alkyl halides is 1. The van der Waals surface area contributed by atoms with Gasteiger partial charge in [-0.05, 0) is 35.6 Å². The van der Waals surface area contributed by atoms with Crippen LogP contribution in [0.1, 0.15) is 59.5 Å². The van der Waals surface area contributed by atoms with Crippen molar-refractivity contribution in [3.63, 3.8) is 0 Å². The van der Waals surface area contributed by atoms with Crippen molar-refractivity contribution in [1.82, 2.24) is 10.3 Å². The SMILES string of the molecule is CC(C)[C@@H]1NC(=O)[C@@H](N)Cc2ccc(OCc3ccccc3)c(c2)[C@@](C=O)(c2ccccc2OCCBr)c2oc1nc2C#N. The van der Waals surface area contributed by atoms with Gasteiger partial charge >= 0.3 is 0 Å². The van der Waals surface area contributed by atoms with Crippen LogP contribution in [0.5, 0.6) is 11.5 Å². The molecular weight excluding hydrogens is 624 g/mol. The fourth-order valence-electron chi connectivity index (χ4n) is 5.44. The molecule has 4 aromatic rings. The maximum absolute atomic E-state index is 13.8. The monoisotopic (exact) mass is 656 g/mol. The molecule has 0 spiro atoms. The standard InChI is InChI=1S/C34H33BrN4O5/c1-21(2)30-33-38-27(18-36)31(44-33)34(20-40,24-10-6-7-11-28(24)42-15-14-35)25-16-23(17-26(37)32(41)39-30)12-13-29(25)43-19-22-8-4-3-5-9-22/h3-13,16,20-21,26,30H,14-15,17,19,37H2,1-2H3,(H,39,41)/t26-,30-,34+/m0/s1. The second-order valence-electron chi connectivity index (χ2n) is 10.9. The van der Waals surface area contributed by atoms with Crippen LogP contribution in [0.3, 0.4) is 0 Å². The number of nitrogens with two attached hydrogens (primary N) is 1. The van der Waals surface area contributed by atoms with Crippen LogP contribution >= 0.6 is 15.9 Å². The van der Waals surface area contributed by atoms with Crippen molar-refractivity contribution in [3.8, 4) is 17.6 Å². The number of rotatable bonds is 9. The molecular formula is C34H33BrN4O5. The summed E-state index contributed by atoms with van der Waals surface area (Å²) in [6.07, 6.45) is 0.939. The number of hydrogen-bond acceptors (Lipinski definition) is 8. The third-order valence-corrected chi connectivity index (χ3v) is 7.98. The molecule has 1 aliphatic rings. The predicted molar refractivity (Wildman–Crippen MR) is 168 cm³/mol. The molecule has 3 N–H and O–H groups in total. The van der Waals surface area contributed by atoms with E-state index in [0.717, 1.165) is 11.8 Å². The van der Waals surface area contributed by atoms with E-state index in [4.69, 9.17) is 19.6 Å². The molecule has 4 bridgehead atoms. The summed E-state index contributed by atoms with van der Waals surface area (Å²) in [5.41, 5.74) is 7.05. The highest BCUT2D eigenvalue weighted by molar-refractivity contribution is 9.09. The van der Waals surface area contributed by atoms with Gasteiger partial charge < -0.3 is 29.7 Å². The third kappa shape index (κ3) is 5.98. The van der Waals surface area contributed by atoms with Crippen LogP contribution in [-0.2, 0) is 28.0 Å². The number of carbonyl (C=O) groups excluding carboxylic acids is 2. The number of nitrogens with one attached hydrogen (secondary N) is 1. The topological polar surface area (TPSA) is 140 Å². The Labute approximate surface area is 264 Å². The largest absolute Gasteiger partial charge is 0.492 e. The van der Waals surface area contributed by atoms with Gasteiger partial charge in [0.25, 0.3) is 0 Å². The van der Waals surface area contributed by atoms with E-state index in [-0.39, 0.29) is 42.2 Å². The Morgan fingerprint density at radius 2 is 1.84 bits per heavy atom. The predicted octanol–water partition coefficient (Wildman–Crippen LogP) is 5.13. The number of carbonyl (C=O) groups is 2. The molecule has 9 nitrogen and oxygen atoms in total. The highest BCUT2D eigenvalue weighted by Crippen LogP contribution is 2.48. The minimum Gasteiger partial charge on any atom is -0.492 e. The Kier molecular flexibility index (Phi) is 9.47. The summed E-state index contributed by atoms with van der Waals surface area (Å²) >= 11 is 3.41. The van der Waals surface area contributed by atoms with Crippen molar-refractivity contribution in [2.45, 2.75) is 44.4 Å². The van der Waals surface area contributed by atoms with Crippen molar-refractivity contribution in [1.29, 1.82) is 5.26 Å². The second kappa shape index (κ2) is 13.5. The van der Waals surface area contributed by atoms with Crippen molar-refractivity contribution >= 4 is 28.1 Å². The Balaban J connectivity index is 1.85. The molecule has 0 fully saturated rings. The Hall–Kier alpha value is -4.46. The molecule has 1 aliphatic heterocycles. The van der Waals surface area contributed by atoms with Crippen LogP contribution in [0.2, 0.25) is 0 Å². The fraction of sp³-hybridized carbons (Fsp3) is 0.294. The average Bonchev–Trinajstić information content (AvgIpc) is 3.47. The molecule has 1 aromatic heterocycles. The molecule has 0 saturated carbocycles. The van der Waals surface area contributed by atoms with Crippen LogP contribution in [0.25, 0.3) is 0 Å². The number of fused-ring (bicyclic) bond motifs is 4. The van der Waals surface area contributed by atoms with Gasteiger partial charge in [-0.1, -0.05) is 90.4 Å². The van der Waals surface area contributed by atoms with Crippen molar-refractivity contribution < 1.29 is 23.5 Å². The first-order chi connectivity index (χ1) is 21.3. The number of para-hydroxylation sites is 1. The number of ether oxygens (including phenoxy) is 2. The summed E-state index contributed by atoms with van der Waals surface area (Å²) in [7, 11) is 0. The highest BCUT2D eigenvalue weighted by atomic mass is 79.9. The molecule has 0 radical (unpaired) electrons. The van der Waals surface area contributed by atoms with Crippen LogP contribution < -0.4 is 20.5 Å². The van der Waals surface area contributed by atoms with Gasteiger partial charge in [0.2, 0.25) is 11.8 Å². The number of aromatic nitrogens is 1. The number of benzene rings is 3. The van der Waals surface area contributed by atoms with Crippen molar-refractivity contribution in [2.75, 3.05) is 11.9 Å². The number of halogens is 1. The number of oxazole rings is 1. The number of nitrogens with zero attached hydrogens (tertiary/aromatic N) is 2. The molecule has 226 valence electrons. The van der Waals surface area contributed by atoms with E-state index >= 15 is 0 Å².